The summed E-state index contributed by atoms with van der Waals surface area (Å²) in [5.41, 5.74) is 3.28. The van der Waals surface area contributed by atoms with Crippen LogP contribution < -0.4 is 15.4 Å². The number of ether oxygens (including phenoxy) is 1. The Morgan fingerprint density at radius 1 is 1.11 bits per heavy atom. The summed E-state index contributed by atoms with van der Waals surface area (Å²) >= 11 is 0. The van der Waals surface area contributed by atoms with Crippen LogP contribution in [0.4, 0.5) is 0 Å². The summed E-state index contributed by atoms with van der Waals surface area (Å²) in [5.74, 6) is 1.30. The Bertz CT molecular complexity index is 1250. The first-order valence-corrected chi connectivity index (χ1v) is 12.7. The van der Waals surface area contributed by atoms with Crippen molar-refractivity contribution in [1.29, 1.82) is 0 Å². The number of nitrogens with zero attached hydrogens (tertiary/aromatic N) is 3. The number of oxime groups is 1. The summed E-state index contributed by atoms with van der Waals surface area (Å²) in [4.78, 5) is 50.5. The molecule has 194 valence electrons. The quantitative estimate of drug-likeness (QED) is 0.616. The summed E-state index contributed by atoms with van der Waals surface area (Å²) in [6.45, 7) is 3.70. The lowest BCUT2D eigenvalue weighted by molar-refractivity contribution is -0.121. The van der Waals surface area contributed by atoms with Crippen molar-refractivity contribution < 1.29 is 24.0 Å². The molecule has 3 heterocycles. The lowest BCUT2D eigenvalue weighted by atomic mass is 9.81. The van der Waals surface area contributed by atoms with Crippen LogP contribution in [0.15, 0.2) is 29.4 Å². The second-order valence-corrected chi connectivity index (χ2v) is 10.0. The number of carbonyl (C=O) groups excluding carboxylic acids is 3. The summed E-state index contributed by atoms with van der Waals surface area (Å²) in [6, 6.07) is 7.48. The van der Waals surface area contributed by atoms with Crippen molar-refractivity contribution in [2.45, 2.75) is 71.1 Å². The van der Waals surface area contributed by atoms with Gasteiger partial charge in [-0.15, -0.1) is 0 Å². The van der Waals surface area contributed by atoms with E-state index in [0.717, 1.165) is 36.8 Å². The van der Waals surface area contributed by atoms with Gasteiger partial charge < -0.3 is 20.2 Å². The standard InChI is InChI=1S/C27H31N5O5/c1-15-29-22(23-12-26(37-32-23)18-4-6-20(7-5-18)31-16(2)33)11-24(30-15)27(35)28-13-17-3-8-25-19(9-17)10-21(34)14-36-25/h3,8-9,11,18,20,26H,4-7,10,12-14H2,1-2H3,(H,28,35)(H,31,33)/t18?,20?,26-/m0/s1. The van der Waals surface area contributed by atoms with E-state index in [-0.39, 0.29) is 42.0 Å². The number of Topliss-reactive ketones (excluding diaryl/α,β-unsaturated/α-hetero) is 1. The Hall–Kier alpha value is -3.82. The van der Waals surface area contributed by atoms with Gasteiger partial charge in [0.25, 0.3) is 5.91 Å². The van der Waals surface area contributed by atoms with Crippen molar-refractivity contribution in [3.63, 3.8) is 0 Å². The molecule has 10 heteroatoms. The van der Waals surface area contributed by atoms with Gasteiger partial charge in [-0.25, -0.2) is 9.97 Å². The molecule has 3 aliphatic rings. The highest BCUT2D eigenvalue weighted by atomic mass is 16.6. The second-order valence-electron chi connectivity index (χ2n) is 10.0. The minimum Gasteiger partial charge on any atom is -0.486 e. The van der Waals surface area contributed by atoms with Crippen molar-refractivity contribution in [1.82, 2.24) is 20.6 Å². The molecular weight excluding hydrogens is 474 g/mol. The predicted octanol–water partition coefficient (Wildman–Crippen LogP) is 2.41. The molecule has 1 saturated carbocycles. The van der Waals surface area contributed by atoms with Crippen LogP contribution in [0.25, 0.3) is 0 Å². The molecule has 1 aromatic carbocycles. The van der Waals surface area contributed by atoms with Gasteiger partial charge in [0.2, 0.25) is 5.91 Å². The maximum atomic E-state index is 12.9. The van der Waals surface area contributed by atoms with Crippen LogP contribution in [-0.4, -0.2) is 52.0 Å². The third-order valence-electron chi connectivity index (χ3n) is 7.12. The number of fused-ring (bicyclic) bond motifs is 1. The number of aryl methyl sites for hydroxylation is 1. The van der Waals surface area contributed by atoms with Gasteiger partial charge >= 0.3 is 0 Å². The second kappa shape index (κ2) is 10.7. The maximum absolute atomic E-state index is 12.9. The van der Waals surface area contributed by atoms with E-state index >= 15 is 0 Å². The number of rotatable bonds is 6. The van der Waals surface area contributed by atoms with E-state index in [2.05, 4.69) is 25.8 Å². The van der Waals surface area contributed by atoms with Crippen LogP contribution in [0.5, 0.6) is 5.75 Å². The van der Waals surface area contributed by atoms with Crippen LogP contribution in [0.2, 0.25) is 0 Å². The molecule has 10 nitrogen and oxygen atoms in total. The zero-order valence-electron chi connectivity index (χ0n) is 21.1. The van der Waals surface area contributed by atoms with E-state index in [9.17, 15) is 14.4 Å². The SMILES string of the molecule is CC(=O)NC1CCC([C@@H]2CC(c3cc(C(=O)NCc4ccc5c(c4)CC(=O)CO5)nc(C)n3)=NO2)CC1. The molecular formula is C27H31N5O5. The molecule has 1 aromatic heterocycles. The average Bonchev–Trinajstić information content (AvgIpc) is 3.37. The molecule has 37 heavy (non-hydrogen) atoms. The molecule has 0 spiro atoms. The van der Waals surface area contributed by atoms with Gasteiger partial charge in [-0.05, 0) is 62.3 Å². The van der Waals surface area contributed by atoms with Crippen LogP contribution >= 0.6 is 0 Å². The molecule has 0 radical (unpaired) electrons. The van der Waals surface area contributed by atoms with Gasteiger partial charge in [-0.1, -0.05) is 11.2 Å². The van der Waals surface area contributed by atoms with E-state index in [1.54, 1.807) is 19.9 Å². The van der Waals surface area contributed by atoms with Gasteiger partial charge in [0.05, 0.1) is 5.69 Å². The Kier molecular flexibility index (Phi) is 7.16. The molecule has 2 N–H and O–H groups in total. The molecule has 0 saturated heterocycles. The van der Waals surface area contributed by atoms with E-state index in [1.807, 2.05) is 18.2 Å². The van der Waals surface area contributed by atoms with Crippen LogP contribution in [0, 0.1) is 12.8 Å². The lowest BCUT2D eigenvalue weighted by Gasteiger charge is -2.31. The molecule has 2 aliphatic heterocycles. The number of hydrogen-bond donors (Lipinski definition) is 2. The minimum atomic E-state index is -0.316. The van der Waals surface area contributed by atoms with Gasteiger partial charge in [-0.2, -0.15) is 0 Å². The Labute approximate surface area is 215 Å². The number of benzene rings is 1. The zero-order chi connectivity index (χ0) is 25.9. The summed E-state index contributed by atoms with van der Waals surface area (Å²) < 4.78 is 5.43. The Morgan fingerprint density at radius 3 is 2.70 bits per heavy atom. The fraction of sp³-hybridized carbons (Fsp3) is 0.481. The first-order chi connectivity index (χ1) is 17.8. The topological polar surface area (TPSA) is 132 Å². The first-order valence-electron chi connectivity index (χ1n) is 12.7. The molecule has 0 unspecified atom stereocenters. The van der Waals surface area contributed by atoms with Crippen molar-refractivity contribution in [3.05, 3.63) is 52.6 Å². The first kappa shape index (κ1) is 24.9. The number of ketones is 1. The average molecular weight is 506 g/mol. The van der Waals surface area contributed by atoms with E-state index in [0.29, 0.717) is 48.3 Å². The Morgan fingerprint density at radius 2 is 1.92 bits per heavy atom. The normalized spacial score (nSPS) is 22.8. The highest BCUT2D eigenvalue weighted by molar-refractivity contribution is 6.02. The zero-order valence-corrected chi connectivity index (χ0v) is 21.1. The van der Waals surface area contributed by atoms with E-state index in [1.165, 1.54) is 0 Å². The molecule has 1 aliphatic carbocycles. The molecule has 1 atom stereocenters. The highest BCUT2D eigenvalue weighted by Crippen LogP contribution is 2.33. The van der Waals surface area contributed by atoms with Crippen molar-refractivity contribution in [2.24, 2.45) is 11.1 Å². The summed E-state index contributed by atoms with van der Waals surface area (Å²) in [5, 5.41) is 10.2. The summed E-state index contributed by atoms with van der Waals surface area (Å²) in [7, 11) is 0. The van der Waals surface area contributed by atoms with Gasteiger partial charge in [0, 0.05) is 37.9 Å². The monoisotopic (exact) mass is 505 g/mol. The lowest BCUT2D eigenvalue weighted by Crippen LogP contribution is -2.38. The third-order valence-corrected chi connectivity index (χ3v) is 7.12. The molecule has 5 rings (SSSR count). The molecule has 1 fully saturated rings. The van der Waals surface area contributed by atoms with Crippen molar-refractivity contribution >= 4 is 23.3 Å². The Balaban J connectivity index is 1.19. The van der Waals surface area contributed by atoms with Crippen LogP contribution in [0.1, 0.15) is 72.2 Å². The minimum absolute atomic E-state index is 0.0129. The smallest absolute Gasteiger partial charge is 0.270 e. The molecule has 2 aromatic rings. The maximum Gasteiger partial charge on any atom is 0.270 e. The summed E-state index contributed by atoms with van der Waals surface area (Å²) in [6.07, 6.45) is 4.75. The highest BCUT2D eigenvalue weighted by Gasteiger charge is 2.34. The van der Waals surface area contributed by atoms with Crippen LogP contribution in [-0.2, 0) is 27.4 Å². The molecule has 2 amide bonds. The van der Waals surface area contributed by atoms with Crippen LogP contribution in [0.3, 0.4) is 0 Å². The van der Waals surface area contributed by atoms with Gasteiger partial charge in [0.1, 0.15) is 35.7 Å². The van der Waals surface area contributed by atoms with Gasteiger partial charge in [-0.3, -0.25) is 14.4 Å². The molecule has 0 bridgehead atoms. The fourth-order valence-corrected chi connectivity index (χ4v) is 5.27. The number of aromatic nitrogens is 2. The number of amides is 2. The number of nitrogens with one attached hydrogen (secondary N) is 2. The van der Waals surface area contributed by atoms with Crippen molar-refractivity contribution in [2.75, 3.05) is 6.61 Å². The number of hydrogen-bond acceptors (Lipinski definition) is 8. The van der Waals surface area contributed by atoms with Crippen molar-refractivity contribution in [3.8, 4) is 5.75 Å². The van der Waals surface area contributed by atoms with Gasteiger partial charge in [0.15, 0.2) is 5.78 Å². The van der Waals surface area contributed by atoms with E-state index < -0.39 is 0 Å². The predicted molar refractivity (Wildman–Crippen MR) is 134 cm³/mol. The fourth-order valence-electron chi connectivity index (χ4n) is 5.27. The largest absolute Gasteiger partial charge is 0.486 e. The van der Waals surface area contributed by atoms with E-state index in [4.69, 9.17) is 9.57 Å². The number of carbonyl (C=O) groups is 3. The third kappa shape index (κ3) is 5.95.